The van der Waals surface area contributed by atoms with Crippen molar-refractivity contribution in [3.05, 3.63) is 47.0 Å². The summed E-state index contributed by atoms with van der Waals surface area (Å²) in [5, 5.41) is 9.24. The number of rotatable bonds is 12. The lowest BCUT2D eigenvalue weighted by Gasteiger charge is -2.17. The van der Waals surface area contributed by atoms with Crippen molar-refractivity contribution in [2.24, 2.45) is 0 Å². The van der Waals surface area contributed by atoms with Crippen molar-refractivity contribution in [3.63, 3.8) is 0 Å². The van der Waals surface area contributed by atoms with E-state index in [1.54, 1.807) is 13.0 Å². The fourth-order valence-electron chi connectivity index (χ4n) is 3.04. The normalized spacial score (nSPS) is 10.7. The highest BCUT2D eigenvalue weighted by molar-refractivity contribution is 5.98. The number of ether oxygens (including phenoxy) is 6. The van der Waals surface area contributed by atoms with Gasteiger partial charge in [0.15, 0.2) is 23.0 Å². The average Bonchev–Trinajstić information content (AvgIpc) is 2.85. The van der Waals surface area contributed by atoms with Crippen molar-refractivity contribution in [1.29, 1.82) is 5.26 Å². The van der Waals surface area contributed by atoms with Gasteiger partial charge in [-0.2, -0.15) is 5.26 Å². The van der Waals surface area contributed by atoms with E-state index in [4.69, 9.17) is 28.4 Å². The zero-order valence-electron chi connectivity index (χ0n) is 20.5. The molecule has 9 heteroatoms. The van der Waals surface area contributed by atoms with E-state index in [1.807, 2.05) is 26.8 Å². The molecule has 0 bridgehead atoms. The fourth-order valence-corrected chi connectivity index (χ4v) is 3.04. The highest BCUT2D eigenvalue weighted by Crippen LogP contribution is 2.40. The highest BCUT2D eigenvalue weighted by atomic mass is 16.6. The summed E-state index contributed by atoms with van der Waals surface area (Å²) < 4.78 is 32.8. The Kier molecular flexibility index (Phi) is 10.4. The number of hydrogen-bond acceptors (Lipinski definition) is 9. The summed E-state index contributed by atoms with van der Waals surface area (Å²) in [5.74, 6) is 0.126. The summed E-state index contributed by atoms with van der Waals surface area (Å²) in [6.07, 6.45) is 1.36. The lowest BCUT2D eigenvalue weighted by Crippen LogP contribution is -2.11. The first kappa shape index (κ1) is 27.1. The molecule has 0 spiro atoms. The van der Waals surface area contributed by atoms with E-state index in [-0.39, 0.29) is 29.2 Å². The molecular formula is C26H29NO8. The number of benzene rings is 2. The molecule has 0 aliphatic heterocycles. The first-order chi connectivity index (χ1) is 16.9. The predicted molar refractivity (Wildman–Crippen MR) is 128 cm³/mol. The SMILES string of the molecule is CCOC(=O)/C(C#N)=C/c1ccc(OC(=O)c2cc(OCC)c(OCC)c(OCC)c2)c(OC)c1. The zero-order chi connectivity index (χ0) is 25.8. The smallest absolute Gasteiger partial charge is 0.348 e. The minimum Gasteiger partial charge on any atom is -0.493 e. The predicted octanol–water partition coefficient (Wildman–Crippen LogP) is 4.58. The number of carbonyl (C=O) groups excluding carboxylic acids is 2. The zero-order valence-corrected chi connectivity index (χ0v) is 20.5. The van der Waals surface area contributed by atoms with Gasteiger partial charge in [-0.05, 0) is 63.6 Å². The first-order valence-corrected chi connectivity index (χ1v) is 11.2. The molecule has 0 aliphatic carbocycles. The van der Waals surface area contributed by atoms with Crippen molar-refractivity contribution in [2.45, 2.75) is 27.7 Å². The van der Waals surface area contributed by atoms with Crippen LogP contribution in [0.15, 0.2) is 35.9 Å². The van der Waals surface area contributed by atoms with Gasteiger partial charge in [0.05, 0.1) is 39.1 Å². The summed E-state index contributed by atoms with van der Waals surface area (Å²) in [5.41, 5.74) is 0.519. The van der Waals surface area contributed by atoms with Crippen LogP contribution < -0.4 is 23.7 Å². The molecule has 0 fully saturated rings. The van der Waals surface area contributed by atoms with Gasteiger partial charge in [-0.25, -0.2) is 9.59 Å². The number of hydrogen-bond donors (Lipinski definition) is 0. The Labute approximate surface area is 204 Å². The van der Waals surface area contributed by atoms with Crippen LogP contribution in [-0.4, -0.2) is 45.5 Å². The van der Waals surface area contributed by atoms with E-state index in [2.05, 4.69) is 0 Å². The second kappa shape index (κ2) is 13.5. The minimum absolute atomic E-state index is 0.147. The summed E-state index contributed by atoms with van der Waals surface area (Å²) in [6, 6.07) is 9.49. The van der Waals surface area contributed by atoms with Crippen LogP contribution >= 0.6 is 0 Å². The van der Waals surface area contributed by atoms with E-state index in [0.717, 1.165) is 0 Å². The highest BCUT2D eigenvalue weighted by Gasteiger charge is 2.21. The fraction of sp³-hybridized carbons (Fsp3) is 0.346. The molecule has 0 atom stereocenters. The quantitative estimate of drug-likeness (QED) is 0.185. The van der Waals surface area contributed by atoms with Crippen LogP contribution in [-0.2, 0) is 9.53 Å². The molecule has 0 radical (unpaired) electrons. The second-order valence-corrected chi connectivity index (χ2v) is 6.79. The Balaban J connectivity index is 2.38. The van der Waals surface area contributed by atoms with Crippen molar-refractivity contribution < 1.29 is 38.0 Å². The monoisotopic (exact) mass is 483 g/mol. The molecule has 0 aliphatic rings. The maximum absolute atomic E-state index is 13.0. The molecule has 0 N–H and O–H groups in total. The van der Waals surface area contributed by atoms with E-state index in [9.17, 15) is 14.9 Å². The molecule has 2 rings (SSSR count). The molecule has 0 amide bonds. The number of methoxy groups -OCH3 is 1. The molecule has 9 nitrogen and oxygen atoms in total. The van der Waals surface area contributed by atoms with Gasteiger partial charge < -0.3 is 28.4 Å². The third-order valence-electron chi connectivity index (χ3n) is 4.46. The molecule has 0 heterocycles. The molecule has 0 saturated carbocycles. The Bertz CT molecular complexity index is 1090. The summed E-state index contributed by atoms with van der Waals surface area (Å²) >= 11 is 0. The number of carbonyl (C=O) groups is 2. The number of esters is 2. The topological polar surface area (TPSA) is 113 Å². The molecule has 0 unspecified atom stereocenters. The lowest BCUT2D eigenvalue weighted by molar-refractivity contribution is -0.137. The van der Waals surface area contributed by atoms with E-state index >= 15 is 0 Å². The van der Waals surface area contributed by atoms with E-state index in [0.29, 0.717) is 42.6 Å². The van der Waals surface area contributed by atoms with Crippen LogP contribution in [0.4, 0.5) is 0 Å². The Morgan fingerprint density at radius 3 is 2.00 bits per heavy atom. The lowest BCUT2D eigenvalue weighted by atomic mass is 10.1. The van der Waals surface area contributed by atoms with Gasteiger partial charge in [-0.1, -0.05) is 6.07 Å². The maximum atomic E-state index is 13.0. The van der Waals surface area contributed by atoms with Crippen LogP contribution in [0.2, 0.25) is 0 Å². The van der Waals surface area contributed by atoms with Gasteiger partial charge in [-0.3, -0.25) is 0 Å². The average molecular weight is 484 g/mol. The van der Waals surface area contributed by atoms with Crippen molar-refractivity contribution in [2.75, 3.05) is 33.5 Å². The number of nitriles is 1. The minimum atomic E-state index is -0.727. The van der Waals surface area contributed by atoms with Crippen molar-refractivity contribution in [3.8, 4) is 34.8 Å². The van der Waals surface area contributed by atoms with E-state index in [1.165, 1.54) is 37.5 Å². The molecule has 0 saturated heterocycles. The van der Waals surface area contributed by atoms with Gasteiger partial charge >= 0.3 is 11.9 Å². The Morgan fingerprint density at radius 2 is 1.49 bits per heavy atom. The third kappa shape index (κ3) is 7.14. The molecule has 2 aromatic carbocycles. The Morgan fingerprint density at radius 1 is 0.857 bits per heavy atom. The number of nitrogens with zero attached hydrogens (tertiary/aromatic N) is 1. The van der Waals surface area contributed by atoms with Crippen molar-refractivity contribution in [1.82, 2.24) is 0 Å². The van der Waals surface area contributed by atoms with Gasteiger partial charge in [0, 0.05) is 0 Å². The van der Waals surface area contributed by atoms with Crippen molar-refractivity contribution >= 4 is 18.0 Å². The van der Waals surface area contributed by atoms with Crippen LogP contribution in [0.1, 0.15) is 43.6 Å². The second-order valence-electron chi connectivity index (χ2n) is 6.79. The molecule has 35 heavy (non-hydrogen) atoms. The molecule has 0 aromatic heterocycles. The maximum Gasteiger partial charge on any atom is 0.348 e. The van der Waals surface area contributed by atoms with Gasteiger partial charge in [0.25, 0.3) is 0 Å². The van der Waals surface area contributed by atoms with Crippen LogP contribution in [0.3, 0.4) is 0 Å². The van der Waals surface area contributed by atoms with Gasteiger partial charge in [0.1, 0.15) is 11.6 Å². The van der Waals surface area contributed by atoms with Crippen LogP contribution in [0.5, 0.6) is 28.7 Å². The molecule has 2 aromatic rings. The first-order valence-electron chi connectivity index (χ1n) is 11.2. The van der Waals surface area contributed by atoms with Gasteiger partial charge in [-0.15, -0.1) is 0 Å². The summed E-state index contributed by atoms with van der Waals surface area (Å²) in [4.78, 5) is 24.9. The summed E-state index contributed by atoms with van der Waals surface area (Å²) in [6.45, 7) is 8.41. The van der Waals surface area contributed by atoms with E-state index < -0.39 is 11.9 Å². The standard InChI is InChI=1S/C26H29NO8/c1-6-31-22-14-18(15-23(32-7-2)24(22)33-8-3)26(29)35-20-11-10-17(13-21(20)30-5)12-19(16-27)25(28)34-9-4/h10-15H,6-9H2,1-5H3/b19-12+. The van der Waals surface area contributed by atoms with Crippen LogP contribution in [0.25, 0.3) is 6.08 Å². The Hall–Kier alpha value is -4.19. The molecular weight excluding hydrogens is 454 g/mol. The van der Waals surface area contributed by atoms with Crippen LogP contribution in [0, 0.1) is 11.3 Å². The summed E-state index contributed by atoms with van der Waals surface area (Å²) in [7, 11) is 1.41. The van der Waals surface area contributed by atoms with Gasteiger partial charge in [0.2, 0.25) is 5.75 Å². The molecule has 186 valence electrons. The largest absolute Gasteiger partial charge is 0.493 e. The third-order valence-corrected chi connectivity index (χ3v) is 4.46.